The molecule has 3 rings (SSSR count). The lowest BCUT2D eigenvalue weighted by Gasteiger charge is -2.39. The summed E-state index contributed by atoms with van der Waals surface area (Å²) in [5, 5.41) is 3.19. The van der Waals surface area contributed by atoms with Crippen molar-refractivity contribution in [2.45, 2.75) is 57.2 Å². The van der Waals surface area contributed by atoms with Gasteiger partial charge in [-0.3, -0.25) is 19.4 Å². The van der Waals surface area contributed by atoms with Crippen LogP contribution < -0.4 is 5.32 Å². The van der Waals surface area contributed by atoms with Crippen molar-refractivity contribution in [2.24, 2.45) is 0 Å². The molecule has 1 aromatic rings. The van der Waals surface area contributed by atoms with Gasteiger partial charge in [0.05, 0.1) is 19.6 Å². The highest BCUT2D eigenvalue weighted by atomic mass is 16.5. The normalized spacial score (nSPS) is 20.5. The average molecular weight is 388 g/mol. The van der Waals surface area contributed by atoms with Gasteiger partial charge in [-0.25, -0.2) is 0 Å². The predicted octanol–water partition coefficient (Wildman–Crippen LogP) is 2.18. The number of methoxy groups -OCH3 is 1. The topological polar surface area (TPSA) is 61.9 Å². The smallest absolute Gasteiger partial charge is 0.307 e. The molecule has 1 aliphatic carbocycles. The van der Waals surface area contributed by atoms with Gasteiger partial charge < -0.3 is 10.1 Å². The van der Waals surface area contributed by atoms with Crippen LogP contribution in [0.3, 0.4) is 0 Å². The van der Waals surface area contributed by atoms with Crippen molar-refractivity contribution < 1.29 is 14.3 Å². The summed E-state index contributed by atoms with van der Waals surface area (Å²) in [6.07, 6.45) is 5.80. The van der Waals surface area contributed by atoms with Crippen molar-refractivity contribution in [3.05, 3.63) is 35.9 Å². The summed E-state index contributed by atoms with van der Waals surface area (Å²) >= 11 is 0. The summed E-state index contributed by atoms with van der Waals surface area (Å²) in [5.74, 6) is -0.343. The van der Waals surface area contributed by atoms with E-state index in [1.165, 1.54) is 31.9 Å². The third-order valence-corrected chi connectivity index (χ3v) is 5.94. The maximum absolute atomic E-state index is 13.0. The number of benzene rings is 1. The molecule has 6 nitrogen and oxygen atoms in total. The van der Waals surface area contributed by atoms with Crippen LogP contribution >= 0.6 is 0 Å². The van der Waals surface area contributed by atoms with E-state index in [1.54, 1.807) is 0 Å². The van der Waals surface area contributed by atoms with Crippen LogP contribution in [0.5, 0.6) is 0 Å². The first-order chi connectivity index (χ1) is 13.7. The van der Waals surface area contributed by atoms with Crippen LogP contribution in [0.25, 0.3) is 0 Å². The standard InChI is InChI=1S/C22H33N3O3/c1-28-21(26)16-20(22(27)23-19-10-6-3-7-11-19)25-14-12-24(13-15-25)17-18-8-4-2-5-9-18/h2,4-5,8-9,19-20H,3,6-7,10-17H2,1H3,(H,23,27)/t20-/m1/s1. The molecule has 1 N–H and O–H groups in total. The molecule has 1 heterocycles. The Labute approximate surface area is 168 Å². The van der Waals surface area contributed by atoms with Crippen LogP contribution in [0.1, 0.15) is 44.1 Å². The lowest BCUT2D eigenvalue weighted by Crippen LogP contribution is -2.56. The van der Waals surface area contributed by atoms with Crippen molar-refractivity contribution in [1.29, 1.82) is 0 Å². The highest BCUT2D eigenvalue weighted by Crippen LogP contribution is 2.19. The van der Waals surface area contributed by atoms with Crippen molar-refractivity contribution in [2.75, 3.05) is 33.3 Å². The summed E-state index contributed by atoms with van der Waals surface area (Å²) in [5.41, 5.74) is 1.30. The molecule has 0 spiro atoms. The molecule has 0 bridgehead atoms. The molecular weight excluding hydrogens is 354 g/mol. The van der Waals surface area contributed by atoms with E-state index in [9.17, 15) is 9.59 Å². The second-order valence-corrected chi connectivity index (χ2v) is 7.94. The molecule has 1 atom stereocenters. The number of ether oxygens (including phenoxy) is 1. The summed E-state index contributed by atoms with van der Waals surface area (Å²) in [7, 11) is 1.39. The fraction of sp³-hybridized carbons (Fsp3) is 0.636. The molecule has 0 unspecified atom stereocenters. The van der Waals surface area contributed by atoms with E-state index in [0.29, 0.717) is 0 Å². The van der Waals surface area contributed by atoms with Crippen molar-refractivity contribution in [3.8, 4) is 0 Å². The molecule has 2 fully saturated rings. The van der Waals surface area contributed by atoms with E-state index >= 15 is 0 Å². The fourth-order valence-electron chi connectivity index (χ4n) is 4.25. The van der Waals surface area contributed by atoms with Gasteiger partial charge in [-0.15, -0.1) is 0 Å². The third kappa shape index (κ3) is 6.04. The fourth-order valence-corrected chi connectivity index (χ4v) is 4.25. The Kier molecular flexibility index (Phi) is 7.86. The van der Waals surface area contributed by atoms with Crippen LogP contribution in [-0.2, 0) is 20.9 Å². The predicted molar refractivity (Wildman–Crippen MR) is 109 cm³/mol. The molecule has 1 saturated carbocycles. The number of rotatable bonds is 7. The summed E-state index contributed by atoms with van der Waals surface area (Å²) in [4.78, 5) is 29.4. The summed E-state index contributed by atoms with van der Waals surface area (Å²) in [6.45, 7) is 4.27. The molecule has 1 saturated heterocycles. The monoisotopic (exact) mass is 387 g/mol. The Morgan fingerprint density at radius 3 is 2.39 bits per heavy atom. The van der Waals surface area contributed by atoms with E-state index in [0.717, 1.165) is 45.6 Å². The van der Waals surface area contributed by atoms with Gasteiger partial charge in [-0.05, 0) is 18.4 Å². The second-order valence-electron chi connectivity index (χ2n) is 7.94. The average Bonchev–Trinajstić information content (AvgIpc) is 2.74. The molecular formula is C22H33N3O3. The van der Waals surface area contributed by atoms with E-state index in [2.05, 4.69) is 39.4 Å². The van der Waals surface area contributed by atoms with E-state index in [4.69, 9.17) is 4.74 Å². The highest BCUT2D eigenvalue weighted by Gasteiger charge is 2.32. The molecule has 1 aromatic carbocycles. The van der Waals surface area contributed by atoms with Crippen LogP contribution in [0, 0.1) is 0 Å². The van der Waals surface area contributed by atoms with E-state index < -0.39 is 6.04 Å². The van der Waals surface area contributed by atoms with E-state index in [-0.39, 0.29) is 24.3 Å². The van der Waals surface area contributed by atoms with Gasteiger partial charge in [0.15, 0.2) is 0 Å². The SMILES string of the molecule is COC(=O)C[C@H](C(=O)NC1CCCCC1)N1CCN(Cc2ccccc2)CC1. The van der Waals surface area contributed by atoms with Gasteiger partial charge in [0, 0.05) is 38.8 Å². The Bertz CT molecular complexity index is 623. The van der Waals surface area contributed by atoms with Crippen molar-refractivity contribution in [3.63, 3.8) is 0 Å². The van der Waals surface area contributed by atoms with Gasteiger partial charge in [0.1, 0.15) is 0 Å². The van der Waals surface area contributed by atoms with Crippen LogP contribution in [0.15, 0.2) is 30.3 Å². The molecule has 0 aromatic heterocycles. The maximum atomic E-state index is 13.0. The minimum atomic E-state index is -0.437. The molecule has 154 valence electrons. The molecule has 0 radical (unpaired) electrons. The molecule has 2 aliphatic rings. The molecule has 1 amide bonds. The highest BCUT2D eigenvalue weighted by molar-refractivity contribution is 5.86. The second kappa shape index (κ2) is 10.6. The molecule has 28 heavy (non-hydrogen) atoms. The Morgan fingerprint density at radius 2 is 1.75 bits per heavy atom. The number of esters is 1. The van der Waals surface area contributed by atoms with Crippen molar-refractivity contribution in [1.82, 2.24) is 15.1 Å². The zero-order chi connectivity index (χ0) is 19.8. The van der Waals surface area contributed by atoms with Gasteiger partial charge in [0.25, 0.3) is 0 Å². The molecule has 1 aliphatic heterocycles. The number of amides is 1. The lowest BCUT2D eigenvalue weighted by atomic mass is 9.95. The number of nitrogens with one attached hydrogen (secondary N) is 1. The van der Waals surface area contributed by atoms with Crippen molar-refractivity contribution >= 4 is 11.9 Å². The number of carbonyl (C=O) groups is 2. The summed E-state index contributed by atoms with van der Waals surface area (Å²) < 4.78 is 4.86. The number of hydrogen-bond donors (Lipinski definition) is 1. The minimum Gasteiger partial charge on any atom is -0.469 e. The lowest BCUT2D eigenvalue weighted by molar-refractivity contribution is -0.145. The first-order valence-corrected chi connectivity index (χ1v) is 10.5. The molecule has 6 heteroatoms. The first-order valence-electron chi connectivity index (χ1n) is 10.5. The van der Waals surface area contributed by atoms with Gasteiger partial charge in [-0.2, -0.15) is 0 Å². The van der Waals surface area contributed by atoms with Crippen LogP contribution in [0.4, 0.5) is 0 Å². The zero-order valence-electron chi connectivity index (χ0n) is 16.9. The third-order valence-electron chi connectivity index (χ3n) is 5.94. The van der Waals surface area contributed by atoms with Gasteiger partial charge in [0.2, 0.25) is 5.91 Å². The summed E-state index contributed by atoms with van der Waals surface area (Å²) in [6, 6.07) is 10.3. The maximum Gasteiger partial charge on any atom is 0.307 e. The number of nitrogens with zero attached hydrogens (tertiary/aromatic N) is 2. The number of hydrogen-bond acceptors (Lipinski definition) is 5. The Morgan fingerprint density at radius 1 is 1.07 bits per heavy atom. The first kappa shape index (κ1) is 20.8. The Hall–Kier alpha value is -1.92. The van der Waals surface area contributed by atoms with E-state index in [1.807, 2.05) is 6.07 Å². The number of piperazine rings is 1. The zero-order valence-corrected chi connectivity index (χ0v) is 16.9. The Balaban J connectivity index is 1.56. The van der Waals surface area contributed by atoms with Gasteiger partial charge in [-0.1, -0.05) is 49.6 Å². The minimum absolute atomic E-state index is 0.0196. The largest absolute Gasteiger partial charge is 0.469 e. The van der Waals surface area contributed by atoms with Gasteiger partial charge >= 0.3 is 5.97 Å². The van der Waals surface area contributed by atoms with Crippen LogP contribution in [0.2, 0.25) is 0 Å². The van der Waals surface area contributed by atoms with Crippen LogP contribution in [-0.4, -0.2) is 67.0 Å². The quantitative estimate of drug-likeness (QED) is 0.727. The number of carbonyl (C=O) groups excluding carboxylic acids is 2.